The van der Waals surface area contributed by atoms with Gasteiger partial charge < -0.3 is 9.32 Å². The molecule has 1 aliphatic heterocycles. The van der Waals surface area contributed by atoms with Crippen LogP contribution in [-0.4, -0.2) is 22.8 Å². The molecule has 2 heterocycles. The standard InChI is InChI=1S/C13H18N2O2/c1-3-9-14-10-11(17-9)13(15(2)12(10)16)7-5-4-6-8-13/h3-8H2,1-2H3. The third kappa shape index (κ3) is 1.30. The predicted octanol–water partition coefficient (Wildman–Crippen LogP) is 2.48. The second-order valence-electron chi connectivity index (χ2n) is 5.10. The van der Waals surface area contributed by atoms with Gasteiger partial charge in [0, 0.05) is 13.5 Å². The van der Waals surface area contributed by atoms with Gasteiger partial charge in [0.15, 0.2) is 17.3 Å². The third-order valence-corrected chi connectivity index (χ3v) is 4.23. The van der Waals surface area contributed by atoms with E-state index in [1.54, 1.807) is 0 Å². The molecule has 0 aromatic carbocycles. The quantitative estimate of drug-likeness (QED) is 0.750. The van der Waals surface area contributed by atoms with E-state index in [0.717, 1.165) is 25.0 Å². The molecule has 1 fully saturated rings. The van der Waals surface area contributed by atoms with Gasteiger partial charge in [-0.25, -0.2) is 4.98 Å². The Morgan fingerprint density at radius 3 is 2.71 bits per heavy atom. The smallest absolute Gasteiger partial charge is 0.276 e. The molecular formula is C13H18N2O2. The third-order valence-electron chi connectivity index (χ3n) is 4.23. The summed E-state index contributed by atoms with van der Waals surface area (Å²) >= 11 is 0. The highest BCUT2D eigenvalue weighted by Crippen LogP contribution is 2.47. The van der Waals surface area contributed by atoms with Crippen molar-refractivity contribution in [3.8, 4) is 0 Å². The van der Waals surface area contributed by atoms with E-state index in [1.165, 1.54) is 19.3 Å². The van der Waals surface area contributed by atoms with E-state index >= 15 is 0 Å². The zero-order valence-corrected chi connectivity index (χ0v) is 10.5. The van der Waals surface area contributed by atoms with E-state index in [1.807, 2.05) is 18.9 Å². The molecule has 4 heteroatoms. The first-order valence-corrected chi connectivity index (χ1v) is 6.47. The fourth-order valence-electron chi connectivity index (χ4n) is 3.18. The van der Waals surface area contributed by atoms with Crippen molar-refractivity contribution < 1.29 is 9.21 Å². The van der Waals surface area contributed by atoms with Crippen LogP contribution in [0.1, 0.15) is 61.2 Å². The number of hydrogen-bond acceptors (Lipinski definition) is 3. The van der Waals surface area contributed by atoms with Gasteiger partial charge in [-0.15, -0.1) is 0 Å². The number of oxazole rings is 1. The van der Waals surface area contributed by atoms with E-state index in [-0.39, 0.29) is 11.4 Å². The highest BCUT2D eigenvalue weighted by molar-refractivity contribution is 5.97. The second-order valence-corrected chi connectivity index (χ2v) is 5.10. The molecule has 1 amide bonds. The molecule has 0 radical (unpaired) electrons. The lowest BCUT2D eigenvalue weighted by Gasteiger charge is -2.38. The van der Waals surface area contributed by atoms with Gasteiger partial charge >= 0.3 is 0 Å². The van der Waals surface area contributed by atoms with Crippen molar-refractivity contribution in [2.24, 2.45) is 0 Å². The fourth-order valence-corrected chi connectivity index (χ4v) is 3.18. The Labute approximate surface area is 101 Å². The van der Waals surface area contributed by atoms with Crippen molar-refractivity contribution in [1.29, 1.82) is 0 Å². The monoisotopic (exact) mass is 234 g/mol. The van der Waals surface area contributed by atoms with E-state index in [4.69, 9.17) is 4.42 Å². The Morgan fingerprint density at radius 2 is 2.06 bits per heavy atom. The summed E-state index contributed by atoms with van der Waals surface area (Å²) < 4.78 is 5.84. The molecule has 1 aromatic heterocycles. The molecule has 3 rings (SSSR count). The van der Waals surface area contributed by atoms with Gasteiger partial charge in [0.2, 0.25) is 0 Å². The molecule has 0 bridgehead atoms. The van der Waals surface area contributed by atoms with Crippen LogP contribution in [0.3, 0.4) is 0 Å². The highest BCUT2D eigenvalue weighted by Gasteiger charge is 2.52. The Balaban J connectivity index is 2.11. The summed E-state index contributed by atoms with van der Waals surface area (Å²) in [6, 6.07) is 0. The van der Waals surface area contributed by atoms with Gasteiger partial charge in [0.25, 0.3) is 5.91 Å². The van der Waals surface area contributed by atoms with Crippen LogP contribution < -0.4 is 0 Å². The summed E-state index contributed by atoms with van der Waals surface area (Å²) in [4.78, 5) is 18.4. The molecule has 0 N–H and O–H groups in total. The van der Waals surface area contributed by atoms with Gasteiger partial charge in [-0.1, -0.05) is 26.2 Å². The van der Waals surface area contributed by atoms with Crippen molar-refractivity contribution in [2.75, 3.05) is 7.05 Å². The Hall–Kier alpha value is -1.32. The van der Waals surface area contributed by atoms with Crippen LogP contribution in [0, 0.1) is 0 Å². The molecule has 1 saturated carbocycles. The molecule has 1 aromatic rings. The number of hydrogen-bond donors (Lipinski definition) is 0. The van der Waals surface area contributed by atoms with Crippen molar-refractivity contribution in [3.63, 3.8) is 0 Å². The minimum Gasteiger partial charge on any atom is -0.442 e. The maximum absolute atomic E-state index is 12.2. The van der Waals surface area contributed by atoms with Gasteiger partial charge in [-0.2, -0.15) is 0 Å². The van der Waals surface area contributed by atoms with Crippen LogP contribution in [-0.2, 0) is 12.0 Å². The highest BCUT2D eigenvalue weighted by atomic mass is 16.4. The molecule has 0 saturated heterocycles. The largest absolute Gasteiger partial charge is 0.442 e. The average Bonchev–Trinajstić information content (AvgIpc) is 2.88. The van der Waals surface area contributed by atoms with E-state index in [9.17, 15) is 4.79 Å². The lowest BCUT2D eigenvalue weighted by Crippen LogP contribution is -2.42. The number of carbonyl (C=O) groups excluding carboxylic acids is 1. The number of nitrogens with zero attached hydrogens (tertiary/aromatic N) is 2. The number of aromatic nitrogens is 1. The lowest BCUT2D eigenvalue weighted by molar-refractivity contribution is 0.0457. The Kier molecular flexibility index (Phi) is 2.28. The summed E-state index contributed by atoms with van der Waals surface area (Å²) in [5.41, 5.74) is 0.372. The number of amides is 1. The van der Waals surface area contributed by atoms with Gasteiger partial charge in [-0.3, -0.25) is 4.79 Å². The van der Waals surface area contributed by atoms with Crippen LogP contribution in [0.25, 0.3) is 0 Å². The van der Waals surface area contributed by atoms with Gasteiger partial charge in [0.05, 0.1) is 0 Å². The van der Waals surface area contributed by atoms with Crippen molar-refractivity contribution >= 4 is 5.91 Å². The summed E-state index contributed by atoms with van der Waals surface area (Å²) in [7, 11) is 1.89. The summed E-state index contributed by atoms with van der Waals surface area (Å²) in [5.74, 6) is 1.56. The average molecular weight is 234 g/mol. The summed E-state index contributed by atoms with van der Waals surface area (Å²) in [6.07, 6.45) is 6.37. The molecule has 0 unspecified atom stereocenters. The molecule has 92 valence electrons. The zero-order valence-electron chi connectivity index (χ0n) is 10.5. The first-order chi connectivity index (χ1) is 8.19. The molecular weight excluding hydrogens is 216 g/mol. The minimum atomic E-state index is -0.189. The van der Waals surface area contributed by atoms with E-state index < -0.39 is 0 Å². The lowest BCUT2D eigenvalue weighted by atomic mass is 9.80. The SMILES string of the molecule is CCc1nc2c(o1)C1(CCCCC1)N(C)C2=O. The molecule has 2 aliphatic rings. The topological polar surface area (TPSA) is 46.3 Å². The second kappa shape index (κ2) is 3.59. The minimum absolute atomic E-state index is 0.0327. The first-order valence-electron chi connectivity index (χ1n) is 6.47. The van der Waals surface area contributed by atoms with Crippen LogP contribution in [0.5, 0.6) is 0 Å². The maximum atomic E-state index is 12.2. The molecule has 1 aliphatic carbocycles. The summed E-state index contributed by atoms with van der Waals surface area (Å²) in [5, 5.41) is 0. The van der Waals surface area contributed by atoms with Gasteiger partial charge in [-0.05, 0) is 12.8 Å². The van der Waals surface area contributed by atoms with Crippen LogP contribution in [0.2, 0.25) is 0 Å². The number of rotatable bonds is 1. The maximum Gasteiger partial charge on any atom is 0.276 e. The normalized spacial score (nSPS) is 22.2. The molecule has 17 heavy (non-hydrogen) atoms. The molecule has 4 nitrogen and oxygen atoms in total. The predicted molar refractivity (Wildman–Crippen MR) is 62.7 cm³/mol. The van der Waals surface area contributed by atoms with Crippen molar-refractivity contribution in [2.45, 2.75) is 51.0 Å². The van der Waals surface area contributed by atoms with E-state index in [0.29, 0.717) is 11.6 Å². The van der Waals surface area contributed by atoms with Crippen LogP contribution in [0.15, 0.2) is 4.42 Å². The molecule has 0 atom stereocenters. The van der Waals surface area contributed by atoms with Crippen molar-refractivity contribution in [1.82, 2.24) is 9.88 Å². The Bertz CT molecular complexity index is 458. The van der Waals surface area contributed by atoms with Crippen molar-refractivity contribution in [3.05, 3.63) is 17.3 Å². The van der Waals surface area contributed by atoms with E-state index in [2.05, 4.69) is 4.98 Å². The number of carbonyl (C=O) groups is 1. The van der Waals surface area contributed by atoms with Crippen LogP contribution >= 0.6 is 0 Å². The van der Waals surface area contributed by atoms with Crippen LogP contribution in [0.4, 0.5) is 0 Å². The zero-order chi connectivity index (χ0) is 12.0. The first kappa shape index (κ1) is 10.8. The fraction of sp³-hybridized carbons (Fsp3) is 0.692. The summed E-state index contributed by atoms with van der Waals surface area (Å²) in [6.45, 7) is 2.00. The number of aryl methyl sites for hydroxylation is 1. The van der Waals surface area contributed by atoms with Gasteiger partial charge in [0.1, 0.15) is 5.54 Å². The Morgan fingerprint density at radius 1 is 1.35 bits per heavy atom. The number of fused-ring (bicyclic) bond motifs is 2. The molecule has 1 spiro atoms.